The third-order valence-corrected chi connectivity index (χ3v) is 4.33. The average Bonchev–Trinajstić information content (AvgIpc) is 3.23. The van der Waals surface area contributed by atoms with Crippen LogP contribution in [0.15, 0.2) is 36.7 Å². The Balaban J connectivity index is 1.80. The van der Waals surface area contributed by atoms with Gasteiger partial charge in [-0.25, -0.2) is 0 Å². The van der Waals surface area contributed by atoms with Crippen molar-refractivity contribution in [1.82, 2.24) is 20.4 Å². The minimum atomic E-state index is -0.0171. The van der Waals surface area contributed by atoms with Gasteiger partial charge in [0.1, 0.15) is 0 Å². The van der Waals surface area contributed by atoms with E-state index < -0.39 is 0 Å². The first-order chi connectivity index (χ1) is 11.5. The van der Waals surface area contributed by atoms with Crippen molar-refractivity contribution < 1.29 is 9.59 Å². The van der Waals surface area contributed by atoms with Gasteiger partial charge in [0, 0.05) is 42.4 Å². The zero-order chi connectivity index (χ0) is 17.1. The number of aromatic amines is 1. The van der Waals surface area contributed by atoms with Gasteiger partial charge in [-0.1, -0.05) is 12.1 Å². The van der Waals surface area contributed by atoms with Crippen LogP contribution in [0.3, 0.4) is 0 Å². The van der Waals surface area contributed by atoms with Crippen LogP contribution in [0.1, 0.15) is 37.0 Å². The van der Waals surface area contributed by atoms with E-state index in [9.17, 15) is 9.59 Å². The largest absolute Gasteiger partial charge is 0.352 e. The van der Waals surface area contributed by atoms with E-state index in [4.69, 9.17) is 0 Å². The van der Waals surface area contributed by atoms with Crippen molar-refractivity contribution in [3.8, 4) is 11.1 Å². The van der Waals surface area contributed by atoms with Crippen LogP contribution in [-0.2, 0) is 4.79 Å². The van der Waals surface area contributed by atoms with Crippen LogP contribution in [-0.4, -0.2) is 45.5 Å². The lowest BCUT2D eigenvalue weighted by molar-refractivity contribution is -0.119. The number of amides is 2. The molecule has 0 unspecified atom stereocenters. The maximum absolute atomic E-state index is 13.0. The van der Waals surface area contributed by atoms with Crippen LogP contribution in [0.4, 0.5) is 0 Å². The first-order valence-electron chi connectivity index (χ1n) is 8.24. The highest BCUT2D eigenvalue weighted by Crippen LogP contribution is 2.21. The summed E-state index contributed by atoms with van der Waals surface area (Å²) >= 11 is 0. The summed E-state index contributed by atoms with van der Waals surface area (Å²) in [6.45, 7) is 4.53. The van der Waals surface area contributed by atoms with Crippen LogP contribution >= 0.6 is 0 Å². The molecule has 1 aliphatic rings. The molecule has 0 radical (unpaired) electrons. The average molecular weight is 326 g/mol. The Kier molecular flexibility index (Phi) is 4.64. The molecule has 1 aliphatic heterocycles. The van der Waals surface area contributed by atoms with Gasteiger partial charge in [0.15, 0.2) is 0 Å². The second-order valence-corrected chi connectivity index (χ2v) is 6.42. The zero-order valence-corrected chi connectivity index (χ0v) is 14.0. The summed E-state index contributed by atoms with van der Waals surface area (Å²) in [6, 6.07) is 7.65. The third kappa shape index (κ3) is 3.48. The first-order valence-corrected chi connectivity index (χ1v) is 8.24. The Morgan fingerprint density at radius 2 is 2.21 bits per heavy atom. The van der Waals surface area contributed by atoms with Crippen molar-refractivity contribution in [3.63, 3.8) is 0 Å². The Morgan fingerprint density at radius 3 is 2.83 bits per heavy atom. The number of nitrogens with zero attached hydrogens (tertiary/aromatic N) is 2. The Bertz CT molecular complexity index is 724. The van der Waals surface area contributed by atoms with Gasteiger partial charge in [0.25, 0.3) is 5.91 Å². The fourth-order valence-electron chi connectivity index (χ4n) is 2.99. The van der Waals surface area contributed by atoms with E-state index in [-0.39, 0.29) is 23.9 Å². The van der Waals surface area contributed by atoms with Gasteiger partial charge in [-0.05, 0) is 38.0 Å². The molecule has 1 aromatic heterocycles. The molecule has 1 fully saturated rings. The number of hydrogen-bond acceptors (Lipinski definition) is 3. The third-order valence-electron chi connectivity index (χ3n) is 4.33. The smallest absolute Gasteiger partial charge is 0.254 e. The summed E-state index contributed by atoms with van der Waals surface area (Å²) in [7, 11) is 0. The minimum absolute atomic E-state index is 0.0171. The topological polar surface area (TPSA) is 78.1 Å². The van der Waals surface area contributed by atoms with Crippen molar-refractivity contribution in [1.29, 1.82) is 0 Å². The standard InChI is InChI=1S/C18H22N4O2/c1-12(2)22(11-16-6-7-17(23)21-16)18(24)14-5-3-4-13(8-14)15-9-19-20-10-15/h3-5,8-10,12,16H,6-7,11H2,1-2H3,(H,19,20)(H,21,23)/t16-/m1/s1. The number of benzene rings is 1. The van der Waals surface area contributed by atoms with Crippen molar-refractivity contribution in [2.24, 2.45) is 0 Å². The molecule has 2 N–H and O–H groups in total. The highest BCUT2D eigenvalue weighted by Gasteiger charge is 2.27. The Morgan fingerprint density at radius 1 is 1.38 bits per heavy atom. The van der Waals surface area contributed by atoms with Crippen LogP contribution < -0.4 is 5.32 Å². The van der Waals surface area contributed by atoms with Crippen LogP contribution in [0.25, 0.3) is 11.1 Å². The SMILES string of the molecule is CC(C)N(C[C@H]1CCC(=O)N1)C(=O)c1cccc(-c2cn[nH]c2)c1. The van der Waals surface area contributed by atoms with Gasteiger partial charge < -0.3 is 10.2 Å². The molecule has 1 saturated heterocycles. The summed E-state index contributed by atoms with van der Waals surface area (Å²) in [5.74, 6) is 0.0506. The fraction of sp³-hybridized carbons (Fsp3) is 0.389. The van der Waals surface area contributed by atoms with E-state index in [1.54, 1.807) is 12.4 Å². The van der Waals surface area contributed by atoms with E-state index in [0.717, 1.165) is 17.5 Å². The molecule has 6 nitrogen and oxygen atoms in total. The molecule has 126 valence electrons. The van der Waals surface area contributed by atoms with Gasteiger partial charge >= 0.3 is 0 Å². The number of hydrogen-bond donors (Lipinski definition) is 2. The second kappa shape index (κ2) is 6.86. The molecule has 0 saturated carbocycles. The molecular weight excluding hydrogens is 304 g/mol. The van der Waals surface area contributed by atoms with Gasteiger partial charge in [-0.2, -0.15) is 5.10 Å². The van der Waals surface area contributed by atoms with Crippen molar-refractivity contribution in [2.75, 3.05) is 6.54 Å². The number of nitrogens with one attached hydrogen (secondary N) is 2. The van der Waals surface area contributed by atoms with E-state index in [1.807, 2.05) is 43.0 Å². The molecule has 0 spiro atoms. The highest BCUT2D eigenvalue weighted by molar-refractivity contribution is 5.95. The molecule has 0 aliphatic carbocycles. The molecule has 1 aromatic carbocycles. The monoisotopic (exact) mass is 326 g/mol. The summed E-state index contributed by atoms with van der Waals surface area (Å²) < 4.78 is 0. The zero-order valence-electron chi connectivity index (χ0n) is 14.0. The Hall–Kier alpha value is -2.63. The first kappa shape index (κ1) is 16.2. The maximum Gasteiger partial charge on any atom is 0.254 e. The molecular formula is C18H22N4O2. The van der Waals surface area contributed by atoms with E-state index in [1.165, 1.54) is 0 Å². The number of carbonyl (C=O) groups is 2. The predicted molar refractivity (Wildman–Crippen MR) is 91.4 cm³/mol. The van der Waals surface area contributed by atoms with Gasteiger partial charge in [0.2, 0.25) is 5.91 Å². The normalized spacial score (nSPS) is 17.1. The van der Waals surface area contributed by atoms with E-state index in [2.05, 4.69) is 15.5 Å². The van der Waals surface area contributed by atoms with Crippen molar-refractivity contribution in [3.05, 3.63) is 42.2 Å². The lowest BCUT2D eigenvalue weighted by atomic mass is 10.0. The highest BCUT2D eigenvalue weighted by atomic mass is 16.2. The fourth-order valence-corrected chi connectivity index (χ4v) is 2.99. The van der Waals surface area contributed by atoms with Crippen LogP contribution in [0.5, 0.6) is 0 Å². The lowest BCUT2D eigenvalue weighted by Gasteiger charge is -2.29. The van der Waals surface area contributed by atoms with Crippen molar-refractivity contribution >= 4 is 11.8 Å². The lowest BCUT2D eigenvalue weighted by Crippen LogP contribution is -2.45. The number of rotatable bonds is 5. The van der Waals surface area contributed by atoms with E-state index >= 15 is 0 Å². The Labute approximate surface area is 141 Å². The molecule has 24 heavy (non-hydrogen) atoms. The molecule has 3 rings (SSSR count). The maximum atomic E-state index is 13.0. The summed E-state index contributed by atoms with van der Waals surface area (Å²) in [6.07, 6.45) is 4.86. The molecule has 2 heterocycles. The van der Waals surface area contributed by atoms with E-state index in [0.29, 0.717) is 18.5 Å². The summed E-state index contributed by atoms with van der Waals surface area (Å²) in [5, 5.41) is 9.67. The minimum Gasteiger partial charge on any atom is -0.352 e. The summed E-state index contributed by atoms with van der Waals surface area (Å²) in [5.41, 5.74) is 2.54. The van der Waals surface area contributed by atoms with Gasteiger partial charge in [0.05, 0.1) is 6.20 Å². The number of H-pyrrole nitrogens is 1. The molecule has 2 aromatic rings. The predicted octanol–water partition coefficient (Wildman–Crippen LogP) is 2.21. The molecule has 0 bridgehead atoms. The van der Waals surface area contributed by atoms with Gasteiger partial charge in [-0.15, -0.1) is 0 Å². The number of carbonyl (C=O) groups excluding carboxylic acids is 2. The number of aromatic nitrogens is 2. The van der Waals surface area contributed by atoms with Crippen LogP contribution in [0, 0.1) is 0 Å². The second-order valence-electron chi connectivity index (χ2n) is 6.42. The van der Waals surface area contributed by atoms with Crippen LogP contribution in [0.2, 0.25) is 0 Å². The quantitative estimate of drug-likeness (QED) is 0.884. The molecule has 2 amide bonds. The van der Waals surface area contributed by atoms with Crippen molar-refractivity contribution in [2.45, 2.75) is 38.8 Å². The summed E-state index contributed by atoms with van der Waals surface area (Å²) in [4.78, 5) is 26.2. The molecule has 6 heteroatoms. The van der Waals surface area contributed by atoms with Gasteiger partial charge in [-0.3, -0.25) is 14.7 Å². The molecule has 1 atom stereocenters.